The lowest BCUT2D eigenvalue weighted by Crippen LogP contribution is -2.60. The van der Waals surface area contributed by atoms with Crippen molar-refractivity contribution in [3.8, 4) is 0 Å². The number of aliphatic hydroxyl groups is 1. The highest BCUT2D eigenvalue weighted by Crippen LogP contribution is 2.34. The van der Waals surface area contributed by atoms with E-state index in [9.17, 15) is 27.1 Å². The van der Waals surface area contributed by atoms with E-state index in [1.807, 2.05) is 0 Å². The Bertz CT molecular complexity index is 568. The number of ether oxygens (including phenoxy) is 1. The quantitative estimate of drug-likeness (QED) is 0.495. The van der Waals surface area contributed by atoms with Crippen LogP contribution < -0.4 is 5.32 Å². The first-order valence-electron chi connectivity index (χ1n) is 6.87. The number of hydrogen-bond donors (Lipinski definition) is 2. The predicted molar refractivity (Wildman–Crippen MR) is 65.7 cm³/mol. The Kier molecular flexibility index (Phi) is 3.86. The van der Waals surface area contributed by atoms with Crippen LogP contribution in [0, 0.1) is 29.1 Å². The molecule has 2 aliphatic heterocycles. The highest BCUT2D eigenvalue weighted by atomic mass is 19.2. The van der Waals surface area contributed by atoms with Gasteiger partial charge in [0.05, 0.1) is 18.8 Å². The Hall–Kier alpha value is -1.25. The smallest absolute Gasteiger partial charge is 0.200 e. The predicted octanol–water partition coefficient (Wildman–Crippen LogP) is 1.81. The average molecular weight is 323 g/mol. The topological polar surface area (TPSA) is 41.5 Å². The van der Waals surface area contributed by atoms with E-state index in [1.54, 1.807) is 0 Å². The molecule has 2 N–H and O–H groups in total. The van der Waals surface area contributed by atoms with Gasteiger partial charge < -0.3 is 15.2 Å². The van der Waals surface area contributed by atoms with Crippen LogP contribution in [-0.4, -0.2) is 36.0 Å². The molecule has 0 amide bonds. The Morgan fingerprint density at radius 3 is 1.86 bits per heavy atom. The summed E-state index contributed by atoms with van der Waals surface area (Å²) in [5, 5.41) is 13.7. The molecule has 8 heteroatoms. The van der Waals surface area contributed by atoms with Gasteiger partial charge in [0, 0.05) is 24.1 Å². The Morgan fingerprint density at radius 2 is 1.36 bits per heavy atom. The maximum atomic E-state index is 13.7. The molecule has 2 unspecified atom stereocenters. The first-order valence-corrected chi connectivity index (χ1v) is 6.87. The van der Waals surface area contributed by atoms with Crippen molar-refractivity contribution in [1.82, 2.24) is 5.32 Å². The van der Waals surface area contributed by atoms with Crippen molar-refractivity contribution in [1.29, 1.82) is 0 Å². The molecule has 2 saturated heterocycles. The molecule has 2 atom stereocenters. The van der Waals surface area contributed by atoms with Gasteiger partial charge in [-0.15, -0.1) is 0 Å². The minimum Gasteiger partial charge on any atom is -0.389 e. The van der Waals surface area contributed by atoms with Crippen molar-refractivity contribution in [2.75, 3.05) is 13.2 Å². The molecule has 122 valence electrons. The third-order valence-electron chi connectivity index (χ3n) is 4.17. The number of hydrogen-bond acceptors (Lipinski definition) is 3. The van der Waals surface area contributed by atoms with Crippen LogP contribution in [0.1, 0.15) is 18.4 Å². The van der Waals surface area contributed by atoms with Crippen LogP contribution in [-0.2, 0) is 11.2 Å². The van der Waals surface area contributed by atoms with Crippen LogP contribution >= 0.6 is 0 Å². The molecule has 0 saturated carbocycles. The van der Waals surface area contributed by atoms with E-state index in [-0.39, 0.29) is 24.9 Å². The molecule has 3 nitrogen and oxygen atoms in total. The minimum atomic E-state index is -2.19. The fourth-order valence-corrected chi connectivity index (χ4v) is 3.30. The number of nitrogens with one attached hydrogen (secondary N) is 1. The summed E-state index contributed by atoms with van der Waals surface area (Å²) in [6.07, 6.45) is -0.403. The van der Waals surface area contributed by atoms with Crippen LogP contribution in [0.5, 0.6) is 0 Å². The van der Waals surface area contributed by atoms with E-state index in [2.05, 4.69) is 5.32 Å². The van der Waals surface area contributed by atoms with Gasteiger partial charge in [-0.2, -0.15) is 0 Å². The fourth-order valence-electron chi connectivity index (χ4n) is 3.30. The third-order valence-corrected chi connectivity index (χ3v) is 4.17. The lowest BCUT2D eigenvalue weighted by Gasteiger charge is -2.45. The molecule has 3 rings (SSSR count). The molecular formula is C14H14F5NO2. The number of piperidine rings is 1. The SMILES string of the molecule is OC1(Cc2c(F)c(F)c(F)c(F)c2F)CC2COCC(C1)N2. The molecule has 2 aliphatic rings. The summed E-state index contributed by atoms with van der Waals surface area (Å²) >= 11 is 0. The molecule has 2 bridgehead atoms. The van der Waals surface area contributed by atoms with Crippen molar-refractivity contribution < 1.29 is 31.8 Å². The highest BCUT2D eigenvalue weighted by Gasteiger charge is 2.43. The van der Waals surface area contributed by atoms with Crippen molar-refractivity contribution in [3.05, 3.63) is 34.6 Å². The maximum absolute atomic E-state index is 13.7. The third kappa shape index (κ3) is 2.59. The molecule has 2 heterocycles. The summed E-state index contributed by atoms with van der Waals surface area (Å²) in [5.41, 5.74) is -2.51. The molecule has 1 aromatic rings. The van der Waals surface area contributed by atoms with Crippen LogP contribution in [0.15, 0.2) is 0 Å². The zero-order valence-electron chi connectivity index (χ0n) is 11.4. The highest BCUT2D eigenvalue weighted by molar-refractivity contribution is 5.26. The van der Waals surface area contributed by atoms with Gasteiger partial charge in [0.25, 0.3) is 0 Å². The monoisotopic (exact) mass is 323 g/mol. The van der Waals surface area contributed by atoms with E-state index >= 15 is 0 Å². The van der Waals surface area contributed by atoms with Crippen molar-refractivity contribution in [3.63, 3.8) is 0 Å². The molecule has 0 aliphatic carbocycles. The second-order valence-electron chi connectivity index (χ2n) is 5.96. The summed E-state index contributed by atoms with van der Waals surface area (Å²) in [7, 11) is 0. The standard InChI is InChI=1S/C14H14F5NO2/c15-9-8(10(16)12(18)13(19)11(9)17)3-14(21)1-6-4-22-5-7(2-14)20-6/h6-7,20-21H,1-5H2. The summed E-state index contributed by atoms with van der Waals surface area (Å²) in [4.78, 5) is 0. The summed E-state index contributed by atoms with van der Waals surface area (Å²) in [6.45, 7) is 0.659. The first-order chi connectivity index (χ1) is 10.3. The fraction of sp³-hybridized carbons (Fsp3) is 0.571. The van der Waals surface area contributed by atoms with Gasteiger partial charge >= 0.3 is 0 Å². The van der Waals surface area contributed by atoms with Crippen LogP contribution in [0.3, 0.4) is 0 Å². The van der Waals surface area contributed by atoms with Gasteiger partial charge in [-0.25, -0.2) is 22.0 Å². The van der Waals surface area contributed by atoms with E-state index in [4.69, 9.17) is 4.74 Å². The zero-order valence-corrected chi connectivity index (χ0v) is 11.4. The second-order valence-corrected chi connectivity index (χ2v) is 5.96. The van der Waals surface area contributed by atoms with Crippen molar-refractivity contribution in [2.24, 2.45) is 0 Å². The average Bonchev–Trinajstić information content (AvgIpc) is 2.47. The molecule has 0 radical (unpaired) electrons. The van der Waals surface area contributed by atoms with E-state index < -0.39 is 46.7 Å². The van der Waals surface area contributed by atoms with Gasteiger partial charge in [-0.1, -0.05) is 0 Å². The molecule has 0 spiro atoms. The zero-order chi connectivity index (χ0) is 16.1. The number of fused-ring (bicyclic) bond motifs is 2. The second kappa shape index (κ2) is 5.43. The van der Waals surface area contributed by atoms with Gasteiger partial charge in [0.15, 0.2) is 23.3 Å². The van der Waals surface area contributed by atoms with Crippen LogP contribution in [0.2, 0.25) is 0 Å². The van der Waals surface area contributed by atoms with E-state index in [0.29, 0.717) is 13.2 Å². The maximum Gasteiger partial charge on any atom is 0.200 e. The largest absolute Gasteiger partial charge is 0.389 e. The van der Waals surface area contributed by atoms with Crippen molar-refractivity contribution >= 4 is 0 Å². The molecule has 2 fully saturated rings. The van der Waals surface area contributed by atoms with Gasteiger partial charge in [0.1, 0.15) is 0 Å². The van der Waals surface area contributed by atoms with Gasteiger partial charge in [-0.05, 0) is 12.8 Å². The summed E-state index contributed by atoms with van der Waals surface area (Å²) in [6, 6.07) is -0.419. The lowest BCUT2D eigenvalue weighted by molar-refractivity contribution is -0.0763. The Balaban J connectivity index is 1.93. The first kappa shape index (κ1) is 15.6. The van der Waals surface area contributed by atoms with Crippen molar-refractivity contribution in [2.45, 2.75) is 36.9 Å². The molecular weight excluding hydrogens is 309 g/mol. The van der Waals surface area contributed by atoms with Crippen LogP contribution in [0.25, 0.3) is 0 Å². The molecule has 22 heavy (non-hydrogen) atoms. The summed E-state index contributed by atoms with van der Waals surface area (Å²) < 4.78 is 72.3. The van der Waals surface area contributed by atoms with E-state index in [0.717, 1.165) is 0 Å². The Labute approximate surface area is 123 Å². The normalized spacial score (nSPS) is 31.4. The summed E-state index contributed by atoms with van der Waals surface area (Å²) in [5.74, 6) is -9.94. The number of benzene rings is 1. The van der Waals surface area contributed by atoms with Gasteiger partial charge in [-0.3, -0.25) is 0 Å². The molecule has 1 aromatic carbocycles. The number of morpholine rings is 1. The minimum absolute atomic E-state index is 0.114. The van der Waals surface area contributed by atoms with Crippen LogP contribution in [0.4, 0.5) is 22.0 Å². The Morgan fingerprint density at radius 1 is 0.909 bits per heavy atom. The number of halogens is 5. The van der Waals surface area contributed by atoms with E-state index in [1.165, 1.54) is 0 Å². The van der Waals surface area contributed by atoms with Gasteiger partial charge in [0.2, 0.25) is 5.82 Å². The lowest BCUT2D eigenvalue weighted by atomic mass is 9.78. The molecule has 0 aromatic heterocycles. The number of rotatable bonds is 2.